The Morgan fingerprint density at radius 1 is 1.10 bits per heavy atom. The predicted octanol–water partition coefficient (Wildman–Crippen LogP) is 3.69. The van der Waals surface area contributed by atoms with Gasteiger partial charge in [0.1, 0.15) is 18.1 Å². The molecule has 1 aromatic heterocycles. The molecule has 7 heteroatoms. The van der Waals surface area contributed by atoms with Gasteiger partial charge in [0, 0.05) is 36.0 Å². The predicted molar refractivity (Wildman–Crippen MR) is 125 cm³/mol. The highest BCUT2D eigenvalue weighted by molar-refractivity contribution is 5.79. The van der Waals surface area contributed by atoms with Crippen LogP contribution in [0.3, 0.4) is 0 Å². The molecule has 0 unspecified atom stereocenters. The van der Waals surface area contributed by atoms with Crippen LogP contribution in [0.25, 0.3) is 0 Å². The fourth-order valence-electron chi connectivity index (χ4n) is 3.20. The minimum absolute atomic E-state index is 0.503. The number of benzene rings is 1. The maximum Gasteiger partial charge on any atom is 0.191 e. The van der Waals surface area contributed by atoms with Gasteiger partial charge >= 0.3 is 0 Å². The van der Waals surface area contributed by atoms with E-state index in [4.69, 9.17) is 19.2 Å². The van der Waals surface area contributed by atoms with Crippen LogP contribution in [0.4, 0.5) is 0 Å². The van der Waals surface area contributed by atoms with E-state index in [1.165, 1.54) is 0 Å². The zero-order valence-electron chi connectivity index (χ0n) is 19.7. The van der Waals surface area contributed by atoms with E-state index >= 15 is 0 Å². The number of hydrogen-bond donors (Lipinski definition) is 2. The number of pyridine rings is 1. The van der Waals surface area contributed by atoms with Gasteiger partial charge in [-0.05, 0) is 46.2 Å². The first kappa shape index (κ1) is 24.5. The average molecular weight is 429 g/mol. The van der Waals surface area contributed by atoms with Crippen molar-refractivity contribution in [2.45, 2.75) is 47.7 Å². The van der Waals surface area contributed by atoms with E-state index in [1.54, 1.807) is 7.11 Å². The Bertz CT molecular complexity index is 868. The molecule has 7 nitrogen and oxygen atoms in total. The summed E-state index contributed by atoms with van der Waals surface area (Å²) >= 11 is 0. The van der Waals surface area contributed by atoms with Gasteiger partial charge in [0.25, 0.3) is 0 Å². The molecule has 0 saturated carbocycles. The van der Waals surface area contributed by atoms with Gasteiger partial charge in [-0.25, -0.2) is 4.99 Å². The number of methoxy groups -OCH3 is 1. The van der Waals surface area contributed by atoms with Gasteiger partial charge in [-0.3, -0.25) is 4.98 Å². The molecule has 0 fully saturated rings. The molecule has 0 bridgehead atoms. The molecule has 1 heterocycles. The Morgan fingerprint density at radius 3 is 2.61 bits per heavy atom. The van der Waals surface area contributed by atoms with Gasteiger partial charge < -0.3 is 24.8 Å². The van der Waals surface area contributed by atoms with Crippen molar-refractivity contribution < 1.29 is 14.2 Å². The number of aromatic nitrogens is 1. The quantitative estimate of drug-likeness (QED) is 0.323. The Hall–Kier alpha value is -2.80. The lowest BCUT2D eigenvalue weighted by molar-refractivity contribution is 0.110. The van der Waals surface area contributed by atoms with Crippen molar-refractivity contribution in [2.75, 3.05) is 33.5 Å². The summed E-state index contributed by atoms with van der Waals surface area (Å²) in [6, 6.07) is 6.18. The Morgan fingerprint density at radius 2 is 1.90 bits per heavy atom. The minimum atomic E-state index is 0.503. The van der Waals surface area contributed by atoms with E-state index in [2.05, 4.69) is 34.7 Å². The van der Waals surface area contributed by atoms with E-state index in [9.17, 15) is 0 Å². The molecule has 31 heavy (non-hydrogen) atoms. The lowest BCUT2D eigenvalue weighted by atomic mass is 10.1. The monoisotopic (exact) mass is 428 g/mol. The first-order valence-electron chi connectivity index (χ1n) is 10.8. The number of guanidine groups is 1. The highest BCUT2D eigenvalue weighted by Gasteiger charge is 2.10. The van der Waals surface area contributed by atoms with Gasteiger partial charge in [0.2, 0.25) is 0 Å². The van der Waals surface area contributed by atoms with Crippen LogP contribution in [0.2, 0.25) is 0 Å². The second kappa shape index (κ2) is 12.8. The second-order valence-electron chi connectivity index (χ2n) is 7.25. The highest BCUT2D eigenvalue weighted by atomic mass is 16.5. The van der Waals surface area contributed by atoms with Crippen molar-refractivity contribution in [3.8, 4) is 11.5 Å². The van der Waals surface area contributed by atoms with Crippen LogP contribution in [0, 0.1) is 20.8 Å². The zero-order chi connectivity index (χ0) is 22.6. The highest BCUT2D eigenvalue weighted by Crippen LogP contribution is 2.24. The largest absolute Gasteiger partial charge is 0.496 e. The second-order valence-corrected chi connectivity index (χ2v) is 7.25. The molecule has 2 aromatic rings. The summed E-state index contributed by atoms with van der Waals surface area (Å²) in [5, 5.41) is 6.66. The standard InChI is InChI=1S/C24H36N4O3/c1-7-25-24(28-16-21-19(5)23(29-6)18(4)14-26-21)27-15-20-10-9-17(3)13-22(20)31-12-11-30-8-2/h9-10,13-14H,7-8,11-12,15-16H2,1-6H3,(H2,25,27,28). The third-order valence-corrected chi connectivity index (χ3v) is 4.84. The summed E-state index contributed by atoms with van der Waals surface area (Å²) in [4.78, 5) is 9.30. The number of nitrogens with zero attached hydrogens (tertiary/aromatic N) is 2. The van der Waals surface area contributed by atoms with Crippen molar-refractivity contribution in [2.24, 2.45) is 4.99 Å². The molecular weight excluding hydrogens is 392 g/mol. The van der Waals surface area contributed by atoms with Crippen LogP contribution in [-0.2, 0) is 17.8 Å². The van der Waals surface area contributed by atoms with E-state index in [0.29, 0.717) is 32.9 Å². The summed E-state index contributed by atoms with van der Waals surface area (Å²) < 4.78 is 16.8. The van der Waals surface area contributed by atoms with Gasteiger partial charge in [-0.1, -0.05) is 12.1 Å². The van der Waals surface area contributed by atoms with Crippen LogP contribution in [-0.4, -0.2) is 44.4 Å². The first-order chi connectivity index (χ1) is 15.0. The number of hydrogen-bond acceptors (Lipinski definition) is 5. The average Bonchev–Trinajstić information content (AvgIpc) is 2.75. The Labute approximate surface area is 186 Å². The lowest BCUT2D eigenvalue weighted by Gasteiger charge is -2.15. The molecule has 0 aliphatic carbocycles. The fourth-order valence-corrected chi connectivity index (χ4v) is 3.20. The SMILES string of the molecule is CCNC(=NCc1ccc(C)cc1OCCOCC)NCc1ncc(C)c(OC)c1C. The molecule has 0 atom stereocenters. The molecule has 0 saturated heterocycles. The van der Waals surface area contributed by atoms with Crippen molar-refractivity contribution in [1.82, 2.24) is 15.6 Å². The lowest BCUT2D eigenvalue weighted by Crippen LogP contribution is -2.37. The molecule has 1 aromatic carbocycles. The van der Waals surface area contributed by atoms with Crippen LogP contribution >= 0.6 is 0 Å². The summed E-state index contributed by atoms with van der Waals surface area (Å²) in [5.41, 5.74) is 5.18. The number of nitrogens with one attached hydrogen (secondary N) is 2. The fraction of sp³-hybridized carbons (Fsp3) is 0.500. The number of aliphatic imine (C=N–C) groups is 1. The first-order valence-corrected chi connectivity index (χ1v) is 10.8. The smallest absolute Gasteiger partial charge is 0.191 e. The van der Waals surface area contributed by atoms with Gasteiger partial charge in [-0.2, -0.15) is 0 Å². The number of aryl methyl sites for hydroxylation is 2. The maximum atomic E-state index is 5.94. The summed E-state index contributed by atoms with van der Waals surface area (Å²) in [6.07, 6.45) is 1.84. The molecule has 0 spiro atoms. The third kappa shape index (κ3) is 7.43. The zero-order valence-corrected chi connectivity index (χ0v) is 19.7. The van der Waals surface area contributed by atoms with Crippen molar-refractivity contribution in [3.05, 3.63) is 52.3 Å². The molecular formula is C24H36N4O3. The van der Waals surface area contributed by atoms with Gasteiger partial charge in [0.05, 0.1) is 32.5 Å². The molecule has 0 amide bonds. The van der Waals surface area contributed by atoms with E-state index in [-0.39, 0.29) is 0 Å². The maximum absolute atomic E-state index is 5.94. The van der Waals surface area contributed by atoms with Gasteiger partial charge in [0.15, 0.2) is 5.96 Å². The molecule has 2 N–H and O–H groups in total. The molecule has 0 radical (unpaired) electrons. The van der Waals surface area contributed by atoms with Crippen molar-refractivity contribution in [3.63, 3.8) is 0 Å². The third-order valence-electron chi connectivity index (χ3n) is 4.84. The topological polar surface area (TPSA) is 77.0 Å². The van der Waals surface area contributed by atoms with Crippen molar-refractivity contribution >= 4 is 5.96 Å². The van der Waals surface area contributed by atoms with E-state index in [1.807, 2.05) is 40.0 Å². The molecule has 0 aliphatic rings. The van der Waals surface area contributed by atoms with Crippen molar-refractivity contribution in [1.29, 1.82) is 0 Å². The minimum Gasteiger partial charge on any atom is -0.496 e. The van der Waals surface area contributed by atoms with E-state index < -0.39 is 0 Å². The summed E-state index contributed by atoms with van der Waals surface area (Å²) in [7, 11) is 1.69. The van der Waals surface area contributed by atoms with Crippen LogP contribution in [0.5, 0.6) is 11.5 Å². The van der Waals surface area contributed by atoms with E-state index in [0.717, 1.165) is 52.0 Å². The molecule has 2 rings (SSSR count). The normalized spacial score (nSPS) is 11.4. The van der Waals surface area contributed by atoms with Crippen LogP contribution in [0.1, 0.15) is 41.8 Å². The summed E-state index contributed by atoms with van der Waals surface area (Å²) in [6.45, 7) is 13.7. The van der Waals surface area contributed by atoms with Gasteiger partial charge in [-0.15, -0.1) is 0 Å². The van der Waals surface area contributed by atoms with Crippen LogP contribution < -0.4 is 20.1 Å². The number of rotatable bonds is 11. The Kier molecular flexibility index (Phi) is 10.1. The summed E-state index contributed by atoms with van der Waals surface area (Å²) in [5.74, 6) is 2.45. The van der Waals surface area contributed by atoms with Crippen LogP contribution in [0.15, 0.2) is 29.4 Å². The molecule has 0 aliphatic heterocycles. The molecule has 170 valence electrons. The number of ether oxygens (including phenoxy) is 3. The Balaban J connectivity index is 2.09.